The molecule has 1 N–H and O–H groups in total. The molecule has 2 aromatic carbocycles. The predicted octanol–water partition coefficient (Wildman–Crippen LogP) is 7.66. The number of carbonyl (C=O) groups excluding carboxylic acids is 1. The third kappa shape index (κ3) is 6.90. The van der Waals surface area contributed by atoms with Crippen LogP contribution in [0, 0.1) is 6.92 Å². The van der Waals surface area contributed by atoms with Crippen molar-refractivity contribution in [1.29, 1.82) is 0 Å². The number of allylic oxidation sites excluding steroid dienone is 5. The molecule has 0 aliphatic rings. The number of nitrogens with one attached hydrogen (secondary N) is 1. The summed E-state index contributed by atoms with van der Waals surface area (Å²) in [6, 6.07) is 12.9. The van der Waals surface area contributed by atoms with Gasteiger partial charge >= 0.3 is 0 Å². The average molecular weight is 437 g/mol. The topological polar surface area (TPSA) is 41.5 Å². The summed E-state index contributed by atoms with van der Waals surface area (Å²) in [5.74, 6) is -1.41. The minimum Gasteiger partial charge on any atom is -0.322 e. The quantitative estimate of drug-likeness (QED) is 0.270. The first-order valence-corrected chi connectivity index (χ1v) is 10.2. The van der Waals surface area contributed by atoms with Crippen molar-refractivity contribution in [3.8, 4) is 0 Å². The van der Waals surface area contributed by atoms with Crippen molar-refractivity contribution in [2.75, 3.05) is 5.32 Å². The monoisotopic (exact) mass is 436 g/mol. The molecule has 0 radical (unpaired) electrons. The molecule has 2 aromatic rings. The number of hydrogen-bond acceptors (Lipinski definition) is 2. The van der Waals surface area contributed by atoms with Crippen molar-refractivity contribution < 1.29 is 9.18 Å². The van der Waals surface area contributed by atoms with E-state index in [1.165, 1.54) is 6.08 Å². The molecule has 0 saturated heterocycles. The first-order chi connectivity index (χ1) is 14.7. The van der Waals surface area contributed by atoms with E-state index in [9.17, 15) is 9.18 Å². The molecule has 0 fully saturated rings. The van der Waals surface area contributed by atoms with Gasteiger partial charge < -0.3 is 5.32 Å². The Morgan fingerprint density at radius 1 is 1.19 bits per heavy atom. The first-order valence-electron chi connectivity index (χ1n) is 9.81. The van der Waals surface area contributed by atoms with E-state index in [1.54, 1.807) is 37.3 Å². The minimum absolute atomic E-state index is 0.146. The van der Waals surface area contributed by atoms with Crippen molar-refractivity contribution in [2.24, 2.45) is 4.99 Å². The van der Waals surface area contributed by atoms with Crippen LogP contribution in [0.3, 0.4) is 0 Å². The summed E-state index contributed by atoms with van der Waals surface area (Å²) in [5, 5.41) is 3.20. The number of halogens is 2. The summed E-state index contributed by atoms with van der Waals surface area (Å²) in [6.45, 7) is 10.9. The molecule has 0 aliphatic heterocycles. The number of rotatable bonds is 7. The van der Waals surface area contributed by atoms with Crippen LogP contribution in [0.1, 0.15) is 31.9 Å². The number of aryl methyl sites for hydroxylation is 1. The number of anilines is 1. The summed E-state index contributed by atoms with van der Waals surface area (Å²) in [5.41, 5.74) is 4.54. The number of hydrogen-bond donors (Lipinski definition) is 1. The maximum Gasteiger partial charge on any atom is 0.258 e. The molecule has 1 amide bonds. The van der Waals surface area contributed by atoms with E-state index in [2.05, 4.69) is 11.9 Å². The molecule has 0 aromatic heterocycles. The zero-order valence-electron chi connectivity index (χ0n) is 18.2. The fourth-order valence-corrected chi connectivity index (χ4v) is 2.96. The number of amides is 1. The largest absolute Gasteiger partial charge is 0.322 e. The maximum atomic E-state index is 13.7. The van der Waals surface area contributed by atoms with Crippen molar-refractivity contribution in [1.82, 2.24) is 0 Å². The van der Waals surface area contributed by atoms with Crippen LogP contribution in [0.25, 0.3) is 0 Å². The molecule has 0 saturated carbocycles. The van der Waals surface area contributed by atoms with Gasteiger partial charge in [-0.25, -0.2) is 9.38 Å². The lowest BCUT2D eigenvalue weighted by Gasteiger charge is -2.12. The molecule has 5 heteroatoms. The van der Waals surface area contributed by atoms with Gasteiger partial charge in [-0.3, -0.25) is 4.79 Å². The molecule has 3 nitrogen and oxygen atoms in total. The lowest BCUT2D eigenvalue weighted by atomic mass is 10.1. The Morgan fingerprint density at radius 3 is 2.52 bits per heavy atom. The van der Waals surface area contributed by atoms with Crippen LogP contribution in [0.5, 0.6) is 0 Å². The highest BCUT2D eigenvalue weighted by Gasteiger charge is 2.15. The standard InChI is InChI=1S/C26H26ClFN2O/c1-6-7-11-21(19(5)28)26(31)29-20-13-14-23(27)22(16-20)25(15-17(2)3)30-24-12-9-8-10-18(24)4/h6-16H,5H2,1-4H3,(H,29,31)/b7-6-,21-11+,30-25?. The van der Waals surface area contributed by atoms with Crippen molar-refractivity contribution in [3.63, 3.8) is 0 Å². The lowest BCUT2D eigenvalue weighted by Crippen LogP contribution is -2.15. The Bertz CT molecular complexity index is 1110. The van der Waals surface area contributed by atoms with Crippen molar-refractivity contribution in [3.05, 3.63) is 106 Å². The van der Waals surface area contributed by atoms with E-state index in [4.69, 9.17) is 16.6 Å². The van der Waals surface area contributed by atoms with Crippen molar-refractivity contribution in [2.45, 2.75) is 27.7 Å². The van der Waals surface area contributed by atoms with Crippen LogP contribution >= 0.6 is 11.6 Å². The fraction of sp³-hybridized carbons (Fsp3) is 0.154. The van der Waals surface area contributed by atoms with Crippen molar-refractivity contribution >= 4 is 34.6 Å². The van der Waals surface area contributed by atoms with Crippen LogP contribution < -0.4 is 5.32 Å². The van der Waals surface area contributed by atoms with Gasteiger partial charge in [0.15, 0.2) is 0 Å². The Labute approximate surface area is 188 Å². The molecule has 0 heterocycles. The normalized spacial score (nSPS) is 12.1. The Kier molecular flexibility index (Phi) is 8.71. The highest BCUT2D eigenvalue weighted by atomic mass is 35.5. The number of aliphatic imine (C=N–C) groups is 1. The van der Waals surface area contributed by atoms with E-state index in [-0.39, 0.29) is 5.57 Å². The number of carbonyl (C=O) groups is 1. The highest BCUT2D eigenvalue weighted by molar-refractivity contribution is 6.35. The predicted molar refractivity (Wildman–Crippen MR) is 130 cm³/mol. The van der Waals surface area contributed by atoms with Gasteiger partial charge in [0.25, 0.3) is 5.91 Å². The van der Waals surface area contributed by atoms with Gasteiger partial charge in [-0.15, -0.1) is 0 Å². The number of nitrogens with zero attached hydrogens (tertiary/aromatic N) is 1. The van der Waals surface area contributed by atoms with E-state index in [1.807, 2.05) is 51.1 Å². The third-order valence-electron chi connectivity index (χ3n) is 4.27. The summed E-state index contributed by atoms with van der Waals surface area (Å²) < 4.78 is 13.7. The molecular weight excluding hydrogens is 411 g/mol. The third-order valence-corrected chi connectivity index (χ3v) is 4.60. The lowest BCUT2D eigenvalue weighted by molar-refractivity contribution is -0.112. The zero-order chi connectivity index (χ0) is 23.0. The molecule has 2 rings (SSSR count). The first kappa shape index (κ1) is 24.0. The van der Waals surface area contributed by atoms with Gasteiger partial charge in [0.05, 0.1) is 22.0 Å². The van der Waals surface area contributed by atoms with E-state index < -0.39 is 11.7 Å². The summed E-state index contributed by atoms with van der Waals surface area (Å²) in [6.07, 6.45) is 6.59. The molecule has 0 aliphatic carbocycles. The smallest absolute Gasteiger partial charge is 0.258 e. The van der Waals surface area contributed by atoms with Gasteiger partial charge in [-0.2, -0.15) is 0 Å². The minimum atomic E-state index is -0.809. The maximum absolute atomic E-state index is 13.7. The Morgan fingerprint density at radius 2 is 1.90 bits per heavy atom. The van der Waals surface area contributed by atoms with Gasteiger partial charge in [0.1, 0.15) is 5.83 Å². The molecule has 31 heavy (non-hydrogen) atoms. The molecule has 0 bridgehead atoms. The Hall–Kier alpha value is -3.24. The van der Waals surface area contributed by atoms with Crippen LogP contribution in [0.4, 0.5) is 15.8 Å². The zero-order valence-corrected chi connectivity index (χ0v) is 18.9. The van der Waals surface area contributed by atoms with Crippen LogP contribution in [-0.2, 0) is 4.79 Å². The summed E-state index contributed by atoms with van der Waals surface area (Å²) >= 11 is 6.48. The Balaban J connectivity index is 2.50. The van der Waals surface area contributed by atoms with Gasteiger partial charge in [0.2, 0.25) is 0 Å². The second-order valence-electron chi connectivity index (χ2n) is 7.16. The SMILES string of the molecule is C=C(F)/C(=C\C=C/C)C(=O)Nc1ccc(Cl)c(C(C=C(C)C)=Nc2ccccc2C)c1. The molecule has 160 valence electrons. The second kappa shape index (κ2) is 11.2. The number of para-hydroxylation sites is 1. The van der Waals surface area contributed by atoms with Crippen LogP contribution in [0.2, 0.25) is 5.02 Å². The fourth-order valence-electron chi connectivity index (χ4n) is 2.74. The average Bonchev–Trinajstić information content (AvgIpc) is 2.70. The van der Waals surface area contributed by atoms with Gasteiger partial charge in [0, 0.05) is 11.3 Å². The van der Waals surface area contributed by atoms with Crippen LogP contribution in [0.15, 0.2) is 95.3 Å². The number of benzene rings is 2. The molecule has 0 atom stereocenters. The molecule has 0 unspecified atom stereocenters. The summed E-state index contributed by atoms with van der Waals surface area (Å²) in [4.78, 5) is 17.4. The van der Waals surface area contributed by atoms with Gasteiger partial charge in [-0.05, 0) is 69.7 Å². The highest BCUT2D eigenvalue weighted by Crippen LogP contribution is 2.26. The molecular formula is C26H26ClFN2O. The second-order valence-corrected chi connectivity index (χ2v) is 7.57. The van der Waals surface area contributed by atoms with Crippen LogP contribution in [-0.4, -0.2) is 11.6 Å². The summed E-state index contributed by atoms with van der Waals surface area (Å²) in [7, 11) is 0. The molecule has 0 spiro atoms. The van der Waals surface area contributed by atoms with E-state index in [0.717, 1.165) is 16.8 Å². The van der Waals surface area contributed by atoms with E-state index in [0.29, 0.717) is 22.0 Å². The van der Waals surface area contributed by atoms with Gasteiger partial charge in [-0.1, -0.05) is 54.1 Å². The van der Waals surface area contributed by atoms with E-state index >= 15 is 0 Å².